The summed E-state index contributed by atoms with van der Waals surface area (Å²) >= 11 is 0. The number of likely N-dealkylation sites (N-methyl/N-ethyl adjacent to an activating group) is 1. The van der Waals surface area contributed by atoms with E-state index in [4.69, 9.17) is 37.9 Å². The number of hydrazone groups is 1. The molecule has 5 bridgehead atoms. The fourth-order valence-electron chi connectivity index (χ4n) is 10.8. The first-order valence-corrected chi connectivity index (χ1v) is 28.1. The van der Waals surface area contributed by atoms with Crippen molar-refractivity contribution in [2.24, 2.45) is 28.8 Å². The number of hydrogen-bond acceptors (Lipinski definition) is 21. The van der Waals surface area contributed by atoms with E-state index in [-0.39, 0.29) is 39.1 Å². The molecule has 1 amide bonds. The normalized spacial score (nSPS) is 28.2. The number of nitrogens with one attached hydrogen (secondary N) is 1. The highest BCUT2D eigenvalue weighted by Crippen LogP contribution is 2.55. The van der Waals surface area contributed by atoms with Gasteiger partial charge in [0.15, 0.2) is 24.2 Å². The molecule has 9 rings (SSSR count). The molecular formula is C65H71N3O19. The van der Waals surface area contributed by atoms with Crippen LogP contribution in [0, 0.1) is 30.6 Å². The van der Waals surface area contributed by atoms with E-state index in [1.807, 2.05) is 0 Å². The second kappa shape index (κ2) is 27.1. The van der Waals surface area contributed by atoms with Gasteiger partial charge in [0.25, 0.3) is 11.7 Å². The van der Waals surface area contributed by atoms with Crippen LogP contribution in [0.2, 0.25) is 0 Å². The molecule has 460 valence electrons. The summed E-state index contributed by atoms with van der Waals surface area (Å²) in [6, 6.07) is 23.9. The summed E-state index contributed by atoms with van der Waals surface area (Å²) in [7, 11) is 2.76. The molecule has 22 nitrogen and oxygen atoms in total. The third-order valence-electron chi connectivity index (χ3n) is 15.9. The van der Waals surface area contributed by atoms with Crippen LogP contribution in [-0.4, -0.2) is 148 Å². The minimum absolute atomic E-state index is 0.0189. The summed E-state index contributed by atoms with van der Waals surface area (Å²) < 4.78 is 48.3. The number of benzene rings is 5. The molecule has 0 spiro atoms. The van der Waals surface area contributed by atoms with Crippen LogP contribution in [-0.2, 0) is 42.7 Å². The van der Waals surface area contributed by atoms with E-state index in [0.717, 1.165) is 17.5 Å². The number of aromatic hydroxyl groups is 3. The maximum atomic E-state index is 14.9. The lowest BCUT2D eigenvalue weighted by Gasteiger charge is -2.38. The Morgan fingerprint density at radius 2 is 1.30 bits per heavy atom. The average Bonchev–Trinajstić information content (AvgIpc) is 1.71. The van der Waals surface area contributed by atoms with Gasteiger partial charge in [-0.25, -0.2) is 14.4 Å². The number of hydrogen-bond donors (Lipinski definition) is 6. The van der Waals surface area contributed by atoms with Gasteiger partial charge in [-0.3, -0.25) is 19.4 Å². The number of aliphatic hydroxyl groups is 2. The number of esters is 4. The van der Waals surface area contributed by atoms with Gasteiger partial charge >= 0.3 is 29.7 Å². The Bertz CT molecular complexity index is 3520. The number of rotatable bonds is 12. The van der Waals surface area contributed by atoms with Crippen molar-refractivity contribution in [3.8, 4) is 23.0 Å². The van der Waals surface area contributed by atoms with E-state index in [0.29, 0.717) is 0 Å². The molecule has 87 heavy (non-hydrogen) atoms. The molecule has 4 aliphatic heterocycles. The van der Waals surface area contributed by atoms with E-state index in [9.17, 15) is 54.3 Å². The number of Topliss-reactive ketones (excluding diaryl/α,β-unsaturated/α-hetero) is 1. The standard InChI is InChI=1S/C65H71N3O19/c1-33-21-20-22-34(2)60(76)67-49-43(31-66-68(9)61-58(86-64(79)42-27-18-13-19-28-42)57(85-63(78)41-25-16-12-17-26-41)45(84-61)32-81-62(77)40-23-14-11-15-24-40)53(73)46-47(54(49)74)52(72)38(6)56-48(46)59(75)65(8,87-56)82-30-29-44(80-10)35(3)55(83-39(7)69)37(5)51(71)36(4)50(33)70/h11-31,33,35-37,44-45,50-51,55,57-58,61,70-74H,32H2,1-10H3,(H,67,76)/b21-20+,30-29+,34-22-,66-31-/t33-,35+,36+,37+,44-,45?,50-,51+,55+,57?,58?,61?,65-/m0/s1. The molecule has 4 aliphatic rings. The SMILES string of the molecule is CO[C@H]1/C=C/O[C@@]2(C)Oc3c(C)c(O)c4c(O)c(c(/C=N\N(C)C5OC(COC(=O)c6ccccc6)C(OC(=O)c6ccccc6)C5OC(=O)c5ccccc5)c(O)c4c3C2=O)NC(=O)/C(C)=C\C=C\[C@H](C)[C@H](O)[C@@H](C)[C@@H](O)[C@@H](C)[C@H](OC(C)=O)[C@@H]1C. The van der Waals surface area contributed by atoms with E-state index in [2.05, 4.69) is 10.4 Å². The average molecular weight is 1200 g/mol. The first-order valence-electron chi connectivity index (χ1n) is 28.1. The van der Waals surface area contributed by atoms with Gasteiger partial charge in [-0.2, -0.15) is 5.10 Å². The number of ether oxygens (including phenoxy) is 8. The van der Waals surface area contributed by atoms with Crippen LogP contribution in [0.3, 0.4) is 0 Å². The van der Waals surface area contributed by atoms with Gasteiger partial charge in [-0.15, -0.1) is 0 Å². The van der Waals surface area contributed by atoms with Crippen molar-refractivity contribution in [1.82, 2.24) is 5.01 Å². The van der Waals surface area contributed by atoms with Crippen LogP contribution in [0.15, 0.2) is 132 Å². The lowest BCUT2D eigenvalue weighted by Crippen LogP contribution is -2.46. The number of fused-ring (bicyclic) bond motifs is 14. The van der Waals surface area contributed by atoms with Crippen molar-refractivity contribution in [1.29, 1.82) is 0 Å². The molecular weight excluding hydrogens is 1130 g/mol. The molecule has 0 saturated carbocycles. The molecule has 22 heteroatoms. The van der Waals surface area contributed by atoms with Crippen LogP contribution in [0.4, 0.5) is 5.69 Å². The van der Waals surface area contributed by atoms with Gasteiger partial charge in [-0.1, -0.05) is 101 Å². The molecule has 13 atom stereocenters. The molecule has 0 aliphatic carbocycles. The van der Waals surface area contributed by atoms with Crippen molar-refractivity contribution in [3.05, 3.63) is 161 Å². The molecule has 5 aromatic carbocycles. The first-order chi connectivity index (χ1) is 41.4. The molecule has 1 fully saturated rings. The Hall–Kier alpha value is -9.09. The van der Waals surface area contributed by atoms with E-state index in [1.165, 1.54) is 96.5 Å². The first kappa shape index (κ1) is 63.9. The highest BCUT2D eigenvalue weighted by molar-refractivity contribution is 6.24. The third kappa shape index (κ3) is 13.5. The lowest BCUT2D eigenvalue weighted by atomic mass is 9.78. The smallest absolute Gasteiger partial charge is 0.338 e. The fraction of sp³-hybridized carbons (Fsp3) is 0.369. The monoisotopic (exact) mass is 1200 g/mol. The molecule has 5 aromatic rings. The van der Waals surface area contributed by atoms with Crippen molar-refractivity contribution >= 4 is 58.2 Å². The van der Waals surface area contributed by atoms with Crippen LogP contribution in [0.1, 0.15) is 101 Å². The van der Waals surface area contributed by atoms with Crippen molar-refractivity contribution in [3.63, 3.8) is 0 Å². The summed E-state index contributed by atoms with van der Waals surface area (Å²) in [5.41, 5.74) is -0.974. The van der Waals surface area contributed by atoms with Gasteiger partial charge < -0.3 is 68.7 Å². The Labute approximate surface area is 502 Å². The Morgan fingerprint density at radius 1 is 0.724 bits per heavy atom. The largest absolute Gasteiger partial charge is 0.507 e. The number of methoxy groups -OCH3 is 1. The molecule has 4 heterocycles. The van der Waals surface area contributed by atoms with Crippen molar-refractivity contribution in [2.45, 2.75) is 110 Å². The van der Waals surface area contributed by atoms with Gasteiger partial charge in [0.1, 0.15) is 36.1 Å². The predicted octanol–water partition coefficient (Wildman–Crippen LogP) is 8.05. The Kier molecular flexibility index (Phi) is 19.9. The predicted molar refractivity (Wildman–Crippen MR) is 316 cm³/mol. The minimum atomic E-state index is -2.22. The number of allylic oxidation sites excluding steroid dienone is 2. The number of nitrogens with zero attached hydrogens (tertiary/aromatic N) is 2. The molecule has 0 radical (unpaired) electrons. The number of phenolic OH excluding ortho intramolecular Hbond substituents is 3. The molecule has 4 unspecified atom stereocenters. The van der Waals surface area contributed by atoms with E-state index < -0.39 is 160 Å². The number of amides is 1. The molecule has 0 aromatic heterocycles. The van der Waals surface area contributed by atoms with Crippen LogP contribution in [0.5, 0.6) is 23.0 Å². The van der Waals surface area contributed by atoms with Gasteiger partial charge in [0.05, 0.1) is 69.7 Å². The Balaban J connectivity index is 1.26. The second-order valence-corrected chi connectivity index (χ2v) is 21.9. The Morgan fingerprint density at radius 3 is 1.87 bits per heavy atom. The summed E-state index contributed by atoms with van der Waals surface area (Å²) in [5.74, 6) is -12.6. The maximum Gasteiger partial charge on any atom is 0.338 e. The highest BCUT2D eigenvalue weighted by Gasteiger charge is 2.53. The zero-order valence-corrected chi connectivity index (χ0v) is 49.6. The number of anilines is 1. The number of phenols is 3. The van der Waals surface area contributed by atoms with Crippen LogP contribution in [0.25, 0.3) is 10.8 Å². The van der Waals surface area contributed by atoms with Crippen LogP contribution >= 0.6 is 0 Å². The van der Waals surface area contributed by atoms with Gasteiger partial charge in [-0.05, 0) is 56.3 Å². The van der Waals surface area contributed by atoms with E-state index in [1.54, 1.807) is 88.4 Å². The summed E-state index contributed by atoms with van der Waals surface area (Å²) in [4.78, 5) is 83.1. The maximum absolute atomic E-state index is 14.9. The molecule has 1 saturated heterocycles. The fourth-order valence-corrected chi connectivity index (χ4v) is 10.8. The second-order valence-electron chi connectivity index (χ2n) is 21.9. The zero-order valence-electron chi connectivity index (χ0n) is 49.6. The topological polar surface area (TPSA) is 305 Å². The highest BCUT2D eigenvalue weighted by atomic mass is 16.7. The summed E-state index contributed by atoms with van der Waals surface area (Å²) in [6.07, 6.45) is -2.10. The zero-order chi connectivity index (χ0) is 63.2. The van der Waals surface area contributed by atoms with Crippen molar-refractivity contribution in [2.75, 3.05) is 26.1 Å². The van der Waals surface area contributed by atoms with Gasteiger partial charge in [0.2, 0.25) is 0 Å². The van der Waals surface area contributed by atoms with Crippen molar-refractivity contribution < 1.29 is 92.2 Å². The van der Waals surface area contributed by atoms with Gasteiger partial charge in [0, 0.05) is 68.2 Å². The number of carbonyl (C=O) groups is 6. The summed E-state index contributed by atoms with van der Waals surface area (Å²) in [5, 5.41) is 67.7. The number of ketones is 1. The third-order valence-corrected chi connectivity index (χ3v) is 15.9. The minimum Gasteiger partial charge on any atom is -0.507 e. The summed E-state index contributed by atoms with van der Waals surface area (Å²) in [6.45, 7) is 11.5. The number of aliphatic hydroxyl groups excluding tert-OH is 2. The van der Waals surface area contributed by atoms with E-state index >= 15 is 0 Å². The number of carbonyl (C=O) groups excluding carboxylic acids is 6. The molecule has 6 N–H and O–H groups in total. The van der Waals surface area contributed by atoms with Crippen LogP contribution < -0.4 is 10.1 Å². The lowest BCUT2D eigenvalue weighted by molar-refractivity contribution is -0.160. The quantitative estimate of drug-likeness (QED) is 0.0172.